The fraction of sp³-hybridized carbons (Fsp3) is 0.308. The minimum Gasteiger partial charge on any atom is -0.369 e. The molecule has 1 fully saturated rings. The van der Waals surface area contributed by atoms with Gasteiger partial charge in [0.25, 0.3) is 0 Å². The number of benzene rings is 1. The van der Waals surface area contributed by atoms with E-state index in [2.05, 4.69) is 10.2 Å². The van der Waals surface area contributed by atoms with Gasteiger partial charge in [-0.3, -0.25) is 14.7 Å². The zero-order chi connectivity index (χ0) is 13.4. The van der Waals surface area contributed by atoms with Gasteiger partial charge in [-0.1, -0.05) is 12.1 Å². The summed E-state index contributed by atoms with van der Waals surface area (Å²) in [6, 6.07) is 5.81. The Balaban J connectivity index is 1.84. The summed E-state index contributed by atoms with van der Waals surface area (Å²) >= 11 is 0. The number of nitrogens with zero attached hydrogens (tertiary/aromatic N) is 2. The first-order valence-electron chi connectivity index (χ1n) is 6.13. The van der Waals surface area contributed by atoms with Gasteiger partial charge in [-0.05, 0) is 11.6 Å². The predicted octanol–water partition coefficient (Wildman–Crippen LogP) is 0.397. The lowest BCUT2D eigenvalue weighted by Gasteiger charge is -2.16. The fourth-order valence-electron chi connectivity index (χ4n) is 2.49. The number of H-pyrrole nitrogens is 1. The molecule has 19 heavy (non-hydrogen) atoms. The molecule has 1 aliphatic rings. The van der Waals surface area contributed by atoms with E-state index in [1.54, 1.807) is 11.1 Å². The molecule has 1 aromatic heterocycles. The lowest BCUT2D eigenvalue weighted by atomic mass is 10.1. The monoisotopic (exact) mass is 258 g/mol. The van der Waals surface area contributed by atoms with Crippen molar-refractivity contribution in [1.29, 1.82) is 0 Å². The Morgan fingerprint density at radius 2 is 2.37 bits per heavy atom. The molecular weight excluding hydrogens is 244 g/mol. The summed E-state index contributed by atoms with van der Waals surface area (Å²) < 4.78 is 0. The van der Waals surface area contributed by atoms with Crippen molar-refractivity contribution < 1.29 is 9.59 Å². The number of nitrogens with one attached hydrogen (secondary N) is 1. The highest BCUT2D eigenvalue weighted by atomic mass is 16.2. The average Bonchev–Trinajstić information content (AvgIpc) is 2.97. The van der Waals surface area contributed by atoms with Crippen molar-refractivity contribution in [2.24, 2.45) is 11.7 Å². The molecule has 2 heterocycles. The number of fused-ring (bicyclic) bond motifs is 1. The fourth-order valence-corrected chi connectivity index (χ4v) is 2.49. The van der Waals surface area contributed by atoms with E-state index in [1.807, 2.05) is 18.2 Å². The lowest BCUT2D eigenvalue weighted by molar-refractivity contribution is -0.128. The van der Waals surface area contributed by atoms with Crippen molar-refractivity contribution in [2.75, 3.05) is 6.54 Å². The second kappa shape index (κ2) is 4.38. The minimum absolute atomic E-state index is 0.0238. The molecule has 2 aromatic rings. The van der Waals surface area contributed by atoms with Crippen molar-refractivity contribution in [3.63, 3.8) is 0 Å². The summed E-state index contributed by atoms with van der Waals surface area (Å²) in [5.41, 5.74) is 7.22. The third-order valence-corrected chi connectivity index (χ3v) is 3.55. The van der Waals surface area contributed by atoms with E-state index in [0.717, 1.165) is 16.5 Å². The molecule has 1 saturated heterocycles. The molecule has 1 unspecified atom stereocenters. The summed E-state index contributed by atoms with van der Waals surface area (Å²) in [5.74, 6) is -0.794. The standard InChI is InChI=1S/C13H14N4O2/c14-13(19)9-4-12(18)17(7-9)6-8-2-1-3-11-10(8)5-15-16-11/h1-3,5,9H,4,6-7H2,(H2,14,19)(H,15,16). The Morgan fingerprint density at radius 3 is 3.11 bits per heavy atom. The normalized spacial score (nSPS) is 19.3. The van der Waals surface area contributed by atoms with Gasteiger partial charge in [0.1, 0.15) is 0 Å². The Kier molecular flexibility index (Phi) is 2.70. The van der Waals surface area contributed by atoms with Gasteiger partial charge >= 0.3 is 0 Å². The number of rotatable bonds is 3. The number of hydrogen-bond donors (Lipinski definition) is 2. The maximum Gasteiger partial charge on any atom is 0.223 e. The Morgan fingerprint density at radius 1 is 1.53 bits per heavy atom. The van der Waals surface area contributed by atoms with Gasteiger partial charge < -0.3 is 10.6 Å². The molecule has 1 aliphatic heterocycles. The van der Waals surface area contributed by atoms with Gasteiger partial charge in [0.15, 0.2) is 0 Å². The quantitative estimate of drug-likeness (QED) is 0.834. The zero-order valence-electron chi connectivity index (χ0n) is 10.3. The van der Waals surface area contributed by atoms with Gasteiger partial charge in [-0.15, -0.1) is 0 Å². The molecule has 6 nitrogen and oxygen atoms in total. The molecule has 3 rings (SSSR count). The Hall–Kier alpha value is -2.37. The second-order valence-corrected chi connectivity index (χ2v) is 4.83. The van der Waals surface area contributed by atoms with Crippen LogP contribution in [0.4, 0.5) is 0 Å². The highest BCUT2D eigenvalue weighted by Gasteiger charge is 2.33. The number of likely N-dealkylation sites (tertiary alicyclic amines) is 1. The van der Waals surface area contributed by atoms with Crippen LogP contribution in [0.5, 0.6) is 0 Å². The van der Waals surface area contributed by atoms with Crippen molar-refractivity contribution >= 4 is 22.7 Å². The summed E-state index contributed by atoms with van der Waals surface area (Å²) in [6.45, 7) is 0.891. The van der Waals surface area contributed by atoms with Crippen molar-refractivity contribution in [2.45, 2.75) is 13.0 Å². The topological polar surface area (TPSA) is 92.1 Å². The summed E-state index contributed by atoms with van der Waals surface area (Å²) in [5, 5.41) is 7.89. The van der Waals surface area contributed by atoms with Gasteiger partial charge in [0.05, 0.1) is 17.6 Å². The van der Waals surface area contributed by atoms with Crippen LogP contribution in [0.15, 0.2) is 24.4 Å². The molecule has 0 saturated carbocycles. The van der Waals surface area contributed by atoms with Crippen LogP contribution in [0.2, 0.25) is 0 Å². The summed E-state index contributed by atoms with van der Waals surface area (Å²) in [7, 11) is 0. The molecule has 6 heteroatoms. The number of primary amides is 1. The van der Waals surface area contributed by atoms with Crippen LogP contribution in [0.3, 0.4) is 0 Å². The Bertz CT molecular complexity index is 649. The van der Waals surface area contributed by atoms with Crippen molar-refractivity contribution in [3.05, 3.63) is 30.0 Å². The van der Waals surface area contributed by atoms with E-state index in [4.69, 9.17) is 5.73 Å². The first kappa shape index (κ1) is 11.7. The maximum atomic E-state index is 11.9. The van der Waals surface area contributed by atoms with Crippen LogP contribution < -0.4 is 5.73 Å². The second-order valence-electron chi connectivity index (χ2n) is 4.83. The van der Waals surface area contributed by atoms with E-state index in [9.17, 15) is 9.59 Å². The number of nitrogens with two attached hydrogens (primary N) is 1. The van der Waals surface area contributed by atoms with Gasteiger partial charge in [0, 0.05) is 24.9 Å². The highest BCUT2D eigenvalue weighted by molar-refractivity contribution is 5.89. The number of carbonyl (C=O) groups is 2. The van der Waals surface area contributed by atoms with E-state index in [-0.39, 0.29) is 18.2 Å². The van der Waals surface area contributed by atoms with Crippen LogP contribution >= 0.6 is 0 Å². The maximum absolute atomic E-state index is 11.9. The number of amides is 2. The molecule has 3 N–H and O–H groups in total. The van der Waals surface area contributed by atoms with Gasteiger partial charge in [-0.25, -0.2) is 0 Å². The third-order valence-electron chi connectivity index (χ3n) is 3.55. The summed E-state index contributed by atoms with van der Waals surface area (Å²) in [4.78, 5) is 24.7. The van der Waals surface area contributed by atoms with E-state index in [1.165, 1.54) is 0 Å². The van der Waals surface area contributed by atoms with E-state index < -0.39 is 5.91 Å². The van der Waals surface area contributed by atoms with Crippen LogP contribution in [-0.2, 0) is 16.1 Å². The van der Waals surface area contributed by atoms with Crippen molar-refractivity contribution in [1.82, 2.24) is 15.1 Å². The Labute approximate surface area is 109 Å². The molecular formula is C13H14N4O2. The molecule has 1 atom stereocenters. The summed E-state index contributed by atoms with van der Waals surface area (Å²) in [6.07, 6.45) is 1.97. The molecule has 0 radical (unpaired) electrons. The molecule has 98 valence electrons. The molecule has 0 aliphatic carbocycles. The minimum atomic E-state index is -0.405. The number of aromatic amines is 1. The average molecular weight is 258 g/mol. The predicted molar refractivity (Wildman–Crippen MR) is 68.8 cm³/mol. The SMILES string of the molecule is NC(=O)C1CC(=O)N(Cc2cccc3[nH]ncc23)C1. The first-order valence-corrected chi connectivity index (χ1v) is 6.13. The largest absolute Gasteiger partial charge is 0.369 e. The number of aromatic nitrogens is 2. The number of hydrogen-bond acceptors (Lipinski definition) is 3. The van der Waals surface area contributed by atoms with E-state index in [0.29, 0.717) is 13.1 Å². The van der Waals surface area contributed by atoms with Crippen molar-refractivity contribution in [3.8, 4) is 0 Å². The number of carbonyl (C=O) groups excluding carboxylic acids is 2. The smallest absolute Gasteiger partial charge is 0.223 e. The highest BCUT2D eigenvalue weighted by Crippen LogP contribution is 2.23. The molecule has 0 spiro atoms. The van der Waals surface area contributed by atoms with Crippen LogP contribution in [-0.4, -0.2) is 33.5 Å². The van der Waals surface area contributed by atoms with Gasteiger partial charge in [-0.2, -0.15) is 5.10 Å². The van der Waals surface area contributed by atoms with Crippen LogP contribution in [0, 0.1) is 5.92 Å². The zero-order valence-corrected chi connectivity index (χ0v) is 10.3. The molecule has 0 bridgehead atoms. The molecule has 1 aromatic carbocycles. The first-order chi connectivity index (χ1) is 9.15. The van der Waals surface area contributed by atoms with Crippen LogP contribution in [0.1, 0.15) is 12.0 Å². The van der Waals surface area contributed by atoms with Gasteiger partial charge in [0.2, 0.25) is 11.8 Å². The van der Waals surface area contributed by atoms with E-state index >= 15 is 0 Å². The van der Waals surface area contributed by atoms with Crippen LogP contribution in [0.25, 0.3) is 10.9 Å². The third kappa shape index (κ3) is 2.05. The molecule has 2 amide bonds. The lowest BCUT2D eigenvalue weighted by Crippen LogP contribution is -2.28.